The van der Waals surface area contributed by atoms with E-state index in [1.54, 1.807) is 6.08 Å². The first kappa shape index (κ1) is 17.2. The number of hydrogen-bond donors (Lipinski definition) is 4. The fraction of sp³-hybridized carbons (Fsp3) is 0.533. The quantitative estimate of drug-likeness (QED) is 0.483. The highest BCUT2D eigenvalue weighted by molar-refractivity contribution is 5.69. The van der Waals surface area contributed by atoms with Crippen LogP contribution in [0.5, 0.6) is 0 Å². The molecule has 0 aromatic carbocycles. The van der Waals surface area contributed by atoms with Gasteiger partial charge in [0.05, 0.1) is 18.8 Å². The normalized spacial score (nSPS) is 20.5. The van der Waals surface area contributed by atoms with Crippen molar-refractivity contribution >= 4 is 11.9 Å². The molecule has 8 nitrogen and oxygen atoms in total. The molecule has 0 aromatic rings. The molecule has 2 rings (SSSR count). The molecule has 0 aliphatic carbocycles. The summed E-state index contributed by atoms with van der Waals surface area (Å²) in [5, 5.41) is 24.5. The van der Waals surface area contributed by atoms with Crippen LogP contribution in [0.15, 0.2) is 29.3 Å². The average Bonchev–Trinajstić information content (AvgIpc) is 2.44. The molecule has 0 aromatic heterocycles. The first-order valence-electron chi connectivity index (χ1n) is 7.53. The molecule has 23 heavy (non-hydrogen) atoms. The summed E-state index contributed by atoms with van der Waals surface area (Å²) >= 11 is 0. The van der Waals surface area contributed by atoms with Gasteiger partial charge in [-0.15, -0.1) is 0 Å². The minimum absolute atomic E-state index is 0.0192. The van der Waals surface area contributed by atoms with Crippen molar-refractivity contribution in [1.29, 1.82) is 0 Å². The third kappa shape index (κ3) is 6.25. The Morgan fingerprint density at radius 3 is 2.30 bits per heavy atom. The molecule has 2 aliphatic heterocycles. The molecule has 1 fully saturated rings. The van der Waals surface area contributed by atoms with Gasteiger partial charge in [-0.2, -0.15) is 0 Å². The van der Waals surface area contributed by atoms with Crippen LogP contribution < -0.4 is 10.6 Å². The number of rotatable bonds is 4. The Balaban J connectivity index is 2.06. The molecule has 1 saturated heterocycles. The standard InChI is InChI=1S/C15H22N4O4/c20-14(21)10-18-6-4-16-5-7-19(11-15(22)23)9-13-3-1-2-12(8-18)17-13/h1-2,16-17H,4-11H2,(H,20,21)(H,22,23). The zero-order chi connectivity index (χ0) is 16.7. The number of carbonyl (C=O) groups is 2. The van der Waals surface area contributed by atoms with Gasteiger partial charge >= 0.3 is 11.9 Å². The Morgan fingerprint density at radius 2 is 1.70 bits per heavy atom. The van der Waals surface area contributed by atoms with Crippen LogP contribution in [0.3, 0.4) is 0 Å². The molecular weight excluding hydrogens is 300 g/mol. The summed E-state index contributed by atoms with van der Waals surface area (Å²) in [6.45, 7) is 3.40. The molecule has 0 radical (unpaired) electrons. The SMILES string of the molecule is O=C(O)CN1CCNCCN(CC(=O)O)CC2=CC=C=C(C1)N2. The second-order valence-electron chi connectivity index (χ2n) is 5.57. The first-order chi connectivity index (χ1) is 11.0. The van der Waals surface area contributed by atoms with E-state index in [0.717, 1.165) is 11.4 Å². The number of nitrogens with one attached hydrogen (secondary N) is 2. The highest BCUT2D eigenvalue weighted by Gasteiger charge is 2.17. The summed E-state index contributed by atoms with van der Waals surface area (Å²) in [6.07, 6.45) is 3.64. The Morgan fingerprint density at radius 1 is 1.09 bits per heavy atom. The molecule has 2 bridgehead atoms. The molecule has 0 spiro atoms. The fourth-order valence-corrected chi connectivity index (χ4v) is 2.57. The number of aliphatic carboxylic acids is 2. The van der Waals surface area contributed by atoms with E-state index in [2.05, 4.69) is 16.4 Å². The van der Waals surface area contributed by atoms with Crippen molar-refractivity contribution < 1.29 is 19.8 Å². The predicted octanol–water partition coefficient (Wildman–Crippen LogP) is -1.11. The molecule has 126 valence electrons. The Hall–Kier alpha value is -2.12. The molecule has 2 heterocycles. The number of nitrogens with zero attached hydrogens (tertiary/aromatic N) is 2. The Kier molecular flexibility index (Phi) is 6.37. The van der Waals surface area contributed by atoms with Gasteiger partial charge in [-0.25, -0.2) is 0 Å². The molecule has 0 amide bonds. The van der Waals surface area contributed by atoms with Gasteiger partial charge < -0.3 is 20.8 Å². The van der Waals surface area contributed by atoms with Gasteiger partial charge in [0.15, 0.2) is 0 Å². The van der Waals surface area contributed by atoms with Crippen LogP contribution in [0.4, 0.5) is 0 Å². The number of carboxylic acids is 2. The van der Waals surface area contributed by atoms with Crippen molar-refractivity contribution in [3.05, 3.63) is 29.3 Å². The molecule has 0 saturated carbocycles. The highest BCUT2D eigenvalue weighted by Crippen LogP contribution is 2.07. The smallest absolute Gasteiger partial charge is 0.317 e. The maximum atomic E-state index is 11.0. The minimum Gasteiger partial charge on any atom is -0.480 e. The Bertz CT molecular complexity index is 552. The highest BCUT2D eigenvalue weighted by atomic mass is 16.4. The number of hydrogen-bond acceptors (Lipinski definition) is 6. The van der Waals surface area contributed by atoms with Crippen LogP contribution in [0.2, 0.25) is 0 Å². The lowest BCUT2D eigenvalue weighted by Crippen LogP contribution is -2.44. The average molecular weight is 322 g/mol. The van der Waals surface area contributed by atoms with E-state index in [1.807, 2.05) is 15.9 Å². The van der Waals surface area contributed by atoms with Crippen LogP contribution in [-0.4, -0.2) is 84.3 Å². The number of fused-ring (bicyclic) bond motifs is 2. The largest absolute Gasteiger partial charge is 0.480 e. The van der Waals surface area contributed by atoms with E-state index in [1.165, 1.54) is 0 Å². The van der Waals surface area contributed by atoms with Gasteiger partial charge in [0.2, 0.25) is 0 Å². The van der Waals surface area contributed by atoms with Gasteiger partial charge in [-0.05, 0) is 12.2 Å². The van der Waals surface area contributed by atoms with Gasteiger partial charge in [0.25, 0.3) is 0 Å². The van der Waals surface area contributed by atoms with Crippen molar-refractivity contribution in [1.82, 2.24) is 20.4 Å². The van der Waals surface area contributed by atoms with E-state index < -0.39 is 11.9 Å². The zero-order valence-corrected chi connectivity index (χ0v) is 12.9. The fourth-order valence-electron chi connectivity index (χ4n) is 2.57. The summed E-state index contributed by atoms with van der Waals surface area (Å²) in [7, 11) is 0. The lowest BCUT2D eigenvalue weighted by Gasteiger charge is -2.28. The summed E-state index contributed by atoms with van der Waals surface area (Å²) in [5.74, 6) is -1.71. The van der Waals surface area contributed by atoms with Crippen molar-refractivity contribution in [2.24, 2.45) is 0 Å². The second-order valence-corrected chi connectivity index (χ2v) is 5.57. The molecule has 0 atom stereocenters. The van der Waals surface area contributed by atoms with Crippen molar-refractivity contribution in [2.45, 2.75) is 0 Å². The van der Waals surface area contributed by atoms with Crippen LogP contribution in [-0.2, 0) is 9.59 Å². The topological polar surface area (TPSA) is 105 Å². The molecule has 0 unspecified atom stereocenters. The van der Waals surface area contributed by atoms with Crippen LogP contribution in [0.1, 0.15) is 0 Å². The van der Waals surface area contributed by atoms with Gasteiger partial charge in [-0.3, -0.25) is 19.4 Å². The minimum atomic E-state index is -0.860. The molecule has 4 N–H and O–H groups in total. The van der Waals surface area contributed by atoms with E-state index in [4.69, 9.17) is 10.2 Å². The lowest BCUT2D eigenvalue weighted by molar-refractivity contribution is -0.139. The van der Waals surface area contributed by atoms with Crippen LogP contribution >= 0.6 is 0 Å². The summed E-state index contributed by atoms with van der Waals surface area (Å²) in [4.78, 5) is 25.6. The first-order valence-corrected chi connectivity index (χ1v) is 7.53. The maximum absolute atomic E-state index is 11.0. The third-order valence-electron chi connectivity index (χ3n) is 3.56. The number of allylic oxidation sites excluding steroid dienone is 1. The van der Waals surface area contributed by atoms with Crippen LogP contribution in [0.25, 0.3) is 0 Å². The predicted molar refractivity (Wildman–Crippen MR) is 83.8 cm³/mol. The van der Waals surface area contributed by atoms with Gasteiger partial charge in [0, 0.05) is 45.0 Å². The summed E-state index contributed by atoms with van der Waals surface area (Å²) in [6, 6.07) is 0. The summed E-state index contributed by atoms with van der Waals surface area (Å²) < 4.78 is 0. The Labute approximate surface area is 134 Å². The van der Waals surface area contributed by atoms with Gasteiger partial charge in [0.1, 0.15) is 0 Å². The van der Waals surface area contributed by atoms with Crippen LogP contribution in [0, 0.1) is 0 Å². The maximum Gasteiger partial charge on any atom is 0.317 e. The zero-order valence-electron chi connectivity index (χ0n) is 12.9. The van der Waals surface area contributed by atoms with E-state index in [-0.39, 0.29) is 13.1 Å². The summed E-state index contributed by atoms with van der Waals surface area (Å²) in [5.41, 5.74) is 4.75. The van der Waals surface area contributed by atoms with Crippen molar-refractivity contribution in [3.63, 3.8) is 0 Å². The van der Waals surface area contributed by atoms with E-state index in [0.29, 0.717) is 39.3 Å². The van der Waals surface area contributed by atoms with Gasteiger partial charge in [-0.1, -0.05) is 5.73 Å². The molecular formula is C15H22N4O4. The second kappa shape index (κ2) is 8.50. The monoisotopic (exact) mass is 322 g/mol. The third-order valence-corrected chi connectivity index (χ3v) is 3.56. The van der Waals surface area contributed by atoms with E-state index in [9.17, 15) is 9.59 Å². The van der Waals surface area contributed by atoms with E-state index >= 15 is 0 Å². The van der Waals surface area contributed by atoms with Crippen molar-refractivity contribution in [3.8, 4) is 0 Å². The molecule has 2 aliphatic rings. The lowest BCUT2D eigenvalue weighted by atomic mass is 10.2. The molecule has 8 heteroatoms. The number of carboxylic acid groups (broad SMARTS) is 2. The van der Waals surface area contributed by atoms with Crippen molar-refractivity contribution in [2.75, 3.05) is 52.4 Å².